The summed E-state index contributed by atoms with van der Waals surface area (Å²) < 4.78 is 18.8. The van der Waals surface area contributed by atoms with Crippen LogP contribution in [0.25, 0.3) is 22.6 Å². The number of unbranched alkanes of at least 4 members (excludes halogenated alkanes) is 1. The smallest absolute Gasteiger partial charge is 0.231 e. The molecule has 32 heavy (non-hydrogen) atoms. The number of hydrogen-bond acceptors (Lipinski definition) is 10. The van der Waals surface area contributed by atoms with Crippen molar-refractivity contribution >= 4 is 28.7 Å². The summed E-state index contributed by atoms with van der Waals surface area (Å²) in [6.45, 7) is 4.99. The zero-order valence-electron chi connectivity index (χ0n) is 17.6. The van der Waals surface area contributed by atoms with E-state index < -0.39 is 0 Å². The normalized spacial score (nSPS) is 12.7. The van der Waals surface area contributed by atoms with Crippen molar-refractivity contribution in [1.82, 2.24) is 29.8 Å². The van der Waals surface area contributed by atoms with Crippen molar-refractivity contribution in [3.8, 4) is 23.0 Å². The Morgan fingerprint density at radius 3 is 2.84 bits per heavy atom. The van der Waals surface area contributed by atoms with E-state index in [0.29, 0.717) is 28.7 Å². The minimum Gasteiger partial charge on any atom is -0.454 e. The van der Waals surface area contributed by atoms with Crippen molar-refractivity contribution in [2.45, 2.75) is 36.4 Å². The monoisotopic (exact) mass is 453 g/mol. The first-order valence-corrected chi connectivity index (χ1v) is 11.2. The molecule has 3 aromatic heterocycles. The van der Waals surface area contributed by atoms with Gasteiger partial charge in [-0.05, 0) is 38.1 Å². The number of imidazole rings is 1. The zero-order chi connectivity index (χ0) is 21.9. The lowest BCUT2D eigenvalue weighted by Gasteiger charge is -2.11. The summed E-state index contributed by atoms with van der Waals surface area (Å²) in [5, 5.41) is 4.12. The van der Waals surface area contributed by atoms with Gasteiger partial charge in [0.05, 0.1) is 11.8 Å². The third kappa shape index (κ3) is 3.96. The van der Waals surface area contributed by atoms with Crippen LogP contribution in [0.3, 0.4) is 0 Å². The highest BCUT2D eigenvalue weighted by Crippen LogP contribution is 2.44. The Hall–Kier alpha value is -3.31. The Balaban J connectivity index is 1.53. The highest BCUT2D eigenvalue weighted by molar-refractivity contribution is 7.99. The molecule has 11 heteroatoms. The average molecular weight is 454 g/mol. The van der Waals surface area contributed by atoms with Gasteiger partial charge in [0.1, 0.15) is 12.6 Å². The van der Waals surface area contributed by atoms with E-state index in [0.717, 1.165) is 53.7 Å². The van der Waals surface area contributed by atoms with E-state index >= 15 is 0 Å². The number of oxazole rings is 1. The number of hydrogen-bond donors (Lipinski definition) is 2. The van der Waals surface area contributed by atoms with E-state index in [2.05, 4.69) is 31.8 Å². The maximum atomic E-state index is 6.10. The molecule has 0 saturated heterocycles. The summed E-state index contributed by atoms with van der Waals surface area (Å²) in [4.78, 5) is 18.5. The Kier molecular flexibility index (Phi) is 5.82. The Morgan fingerprint density at radius 2 is 2.03 bits per heavy atom. The largest absolute Gasteiger partial charge is 0.454 e. The van der Waals surface area contributed by atoms with E-state index in [9.17, 15) is 0 Å². The van der Waals surface area contributed by atoms with Gasteiger partial charge in [0.2, 0.25) is 12.7 Å². The van der Waals surface area contributed by atoms with Gasteiger partial charge >= 0.3 is 0 Å². The van der Waals surface area contributed by atoms with Crippen molar-refractivity contribution in [2.75, 3.05) is 25.6 Å². The molecule has 0 unspecified atom stereocenters. The third-order valence-electron chi connectivity index (χ3n) is 5.10. The van der Waals surface area contributed by atoms with E-state index in [1.807, 2.05) is 12.1 Å². The molecule has 0 fully saturated rings. The first kappa shape index (κ1) is 20.6. The van der Waals surface area contributed by atoms with Gasteiger partial charge in [-0.2, -0.15) is 0 Å². The Labute approximate surface area is 188 Å². The van der Waals surface area contributed by atoms with Crippen LogP contribution in [-0.2, 0) is 6.54 Å². The molecule has 10 nitrogen and oxygen atoms in total. The van der Waals surface area contributed by atoms with E-state index in [-0.39, 0.29) is 6.79 Å². The number of nitrogen functional groups attached to an aromatic ring is 1. The van der Waals surface area contributed by atoms with Gasteiger partial charge < -0.3 is 29.5 Å². The number of aromatic nitrogens is 5. The van der Waals surface area contributed by atoms with Crippen molar-refractivity contribution in [3.63, 3.8) is 0 Å². The molecular formula is C21H23N7O3S. The first-order chi connectivity index (χ1) is 15.7. The van der Waals surface area contributed by atoms with Crippen LogP contribution in [0.1, 0.15) is 19.8 Å². The van der Waals surface area contributed by atoms with Crippen LogP contribution in [0.4, 0.5) is 5.82 Å². The van der Waals surface area contributed by atoms with Gasteiger partial charge in [-0.15, -0.1) is 0 Å². The zero-order valence-corrected chi connectivity index (χ0v) is 18.4. The van der Waals surface area contributed by atoms with Crippen LogP contribution in [0.2, 0.25) is 0 Å². The maximum Gasteiger partial charge on any atom is 0.231 e. The van der Waals surface area contributed by atoms with Crippen LogP contribution >= 0.6 is 11.8 Å². The van der Waals surface area contributed by atoms with Gasteiger partial charge in [0, 0.05) is 11.4 Å². The van der Waals surface area contributed by atoms with E-state index in [1.54, 1.807) is 12.5 Å². The number of fused-ring (bicyclic) bond motifs is 2. The predicted octanol–water partition coefficient (Wildman–Crippen LogP) is 3.33. The van der Waals surface area contributed by atoms with Gasteiger partial charge in [-0.1, -0.05) is 18.7 Å². The SMILES string of the molecule is CCNCCCCn1c(Sc2cc3c(cc2-c2ncco2)OCO3)nc2c(N)ncnc21. The quantitative estimate of drug-likeness (QED) is 0.364. The molecule has 1 aliphatic rings. The number of nitrogens with zero attached hydrogens (tertiary/aromatic N) is 5. The lowest BCUT2D eigenvalue weighted by atomic mass is 10.2. The van der Waals surface area contributed by atoms with E-state index in [4.69, 9.17) is 24.6 Å². The predicted molar refractivity (Wildman–Crippen MR) is 120 cm³/mol. The van der Waals surface area contributed by atoms with Gasteiger partial charge in [-0.25, -0.2) is 19.9 Å². The molecule has 4 aromatic rings. The van der Waals surface area contributed by atoms with Gasteiger partial charge in [0.15, 0.2) is 33.6 Å². The number of ether oxygens (including phenoxy) is 2. The summed E-state index contributed by atoms with van der Waals surface area (Å²) in [6.07, 6.45) is 6.66. The fourth-order valence-corrected chi connectivity index (χ4v) is 4.58. The minimum atomic E-state index is 0.185. The third-order valence-corrected chi connectivity index (χ3v) is 6.15. The van der Waals surface area contributed by atoms with Crippen molar-refractivity contribution in [2.24, 2.45) is 0 Å². The summed E-state index contributed by atoms with van der Waals surface area (Å²) in [7, 11) is 0. The molecule has 0 atom stereocenters. The first-order valence-electron chi connectivity index (χ1n) is 10.4. The Bertz CT molecular complexity index is 1230. The number of aryl methyl sites for hydroxylation is 1. The fourth-order valence-electron chi connectivity index (χ4n) is 3.54. The second kappa shape index (κ2) is 9.05. The van der Waals surface area contributed by atoms with Crippen LogP contribution in [0.5, 0.6) is 11.5 Å². The molecule has 1 aromatic carbocycles. The van der Waals surface area contributed by atoms with Crippen LogP contribution in [-0.4, -0.2) is 44.4 Å². The van der Waals surface area contributed by atoms with Crippen molar-refractivity contribution in [3.05, 3.63) is 30.9 Å². The van der Waals surface area contributed by atoms with Crippen molar-refractivity contribution < 1.29 is 13.9 Å². The van der Waals surface area contributed by atoms with Gasteiger partial charge in [-0.3, -0.25) is 0 Å². The number of nitrogens with two attached hydrogens (primary N) is 1. The minimum absolute atomic E-state index is 0.185. The van der Waals surface area contributed by atoms with Crippen LogP contribution in [0.15, 0.2) is 45.4 Å². The molecule has 0 aliphatic carbocycles. The molecule has 166 valence electrons. The second-order valence-electron chi connectivity index (χ2n) is 7.18. The van der Waals surface area contributed by atoms with Crippen LogP contribution in [0, 0.1) is 0 Å². The molecular weight excluding hydrogens is 430 g/mol. The number of anilines is 1. The fraction of sp³-hybridized carbons (Fsp3) is 0.333. The number of nitrogens with one attached hydrogen (secondary N) is 1. The molecule has 0 saturated carbocycles. The summed E-state index contributed by atoms with van der Waals surface area (Å²) >= 11 is 1.49. The molecule has 0 radical (unpaired) electrons. The highest BCUT2D eigenvalue weighted by Gasteiger charge is 2.23. The molecule has 3 N–H and O–H groups in total. The number of benzene rings is 1. The Morgan fingerprint density at radius 1 is 1.16 bits per heavy atom. The average Bonchev–Trinajstić information content (AvgIpc) is 3.54. The second-order valence-corrected chi connectivity index (χ2v) is 8.19. The summed E-state index contributed by atoms with van der Waals surface area (Å²) in [5.41, 5.74) is 8.22. The standard InChI is InChI=1S/C21H23N7O3S/c1-2-23-5-3-4-7-28-19-17(18(22)25-11-26-19)27-21(28)32-16-10-15-14(30-12-31-15)9-13(16)20-24-6-8-29-20/h6,8-11,23H,2-5,7,12H2,1H3,(H2,22,25,26). The molecule has 0 spiro atoms. The van der Waals surface area contributed by atoms with Crippen molar-refractivity contribution in [1.29, 1.82) is 0 Å². The molecule has 0 bridgehead atoms. The van der Waals surface area contributed by atoms with E-state index in [1.165, 1.54) is 18.1 Å². The molecule has 4 heterocycles. The molecule has 5 rings (SSSR count). The summed E-state index contributed by atoms with van der Waals surface area (Å²) in [5.74, 6) is 2.20. The lowest BCUT2D eigenvalue weighted by molar-refractivity contribution is 0.174. The van der Waals surface area contributed by atoms with Gasteiger partial charge in [0.25, 0.3) is 0 Å². The maximum absolute atomic E-state index is 6.10. The lowest BCUT2D eigenvalue weighted by Crippen LogP contribution is -2.14. The topological polar surface area (TPSA) is 126 Å². The summed E-state index contributed by atoms with van der Waals surface area (Å²) in [6, 6.07) is 3.81. The number of rotatable bonds is 9. The van der Waals surface area contributed by atoms with Crippen LogP contribution < -0.4 is 20.5 Å². The molecule has 0 amide bonds. The molecule has 1 aliphatic heterocycles. The highest BCUT2D eigenvalue weighted by atomic mass is 32.2.